The molecule has 0 radical (unpaired) electrons. The van der Waals surface area contributed by atoms with E-state index >= 15 is 0 Å². The number of benzene rings is 1. The maximum Gasteiger partial charge on any atom is 0.389 e. The summed E-state index contributed by atoms with van der Waals surface area (Å²) in [6.07, 6.45) is -4.30. The van der Waals surface area contributed by atoms with Gasteiger partial charge in [0.2, 0.25) is 0 Å². The topological polar surface area (TPSA) is 69.8 Å². The van der Waals surface area contributed by atoms with E-state index in [-0.39, 0.29) is 24.7 Å². The molecule has 0 bridgehead atoms. The van der Waals surface area contributed by atoms with Crippen LogP contribution in [0.15, 0.2) is 24.3 Å². The molecule has 0 aliphatic carbocycles. The van der Waals surface area contributed by atoms with E-state index in [0.717, 1.165) is 24.2 Å². The lowest BCUT2D eigenvalue weighted by molar-refractivity contribution is -0.133. The summed E-state index contributed by atoms with van der Waals surface area (Å²) in [5.41, 5.74) is 3.27. The van der Waals surface area contributed by atoms with E-state index in [1.54, 1.807) is 24.3 Å². The molecule has 1 aromatic heterocycles. The van der Waals surface area contributed by atoms with Gasteiger partial charge in [-0.1, -0.05) is 12.1 Å². The Morgan fingerprint density at radius 3 is 2.64 bits per heavy atom. The second-order valence-corrected chi connectivity index (χ2v) is 5.72. The molecule has 9 heteroatoms. The van der Waals surface area contributed by atoms with E-state index < -0.39 is 12.6 Å². The first-order chi connectivity index (χ1) is 11.4. The second-order valence-electron chi connectivity index (χ2n) is 5.72. The maximum atomic E-state index is 12.3. The number of carbonyl (C=O) groups excluding carboxylic acids is 1. The van der Waals surface area contributed by atoms with Crippen LogP contribution in [-0.4, -0.2) is 28.8 Å². The third kappa shape index (κ3) is 4.96. The van der Waals surface area contributed by atoms with Crippen LogP contribution >= 0.6 is 12.4 Å². The first-order valence-electron chi connectivity index (χ1n) is 7.66. The molecule has 2 heterocycles. The van der Waals surface area contributed by atoms with Crippen LogP contribution in [0.4, 0.5) is 18.9 Å². The van der Waals surface area contributed by atoms with E-state index in [1.165, 1.54) is 0 Å². The number of fused-ring (bicyclic) bond motifs is 1. The minimum Gasteiger partial charge on any atom is -0.321 e. The molecule has 0 fully saturated rings. The van der Waals surface area contributed by atoms with Crippen molar-refractivity contribution in [3.8, 4) is 0 Å². The van der Waals surface area contributed by atoms with Gasteiger partial charge in [0.05, 0.1) is 0 Å². The Labute approximate surface area is 148 Å². The van der Waals surface area contributed by atoms with E-state index in [4.69, 9.17) is 0 Å². The minimum atomic E-state index is -4.17. The van der Waals surface area contributed by atoms with Gasteiger partial charge in [0.15, 0.2) is 5.69 Å². The highest BCUT2D eigenvalue weighted by molar-refractivity contribution is 6.04. The predicted octanol–water partition coefficient (Wildman–Crippen LogP) is 3.22. The monoisotopic (exact) mass is 374 g/mol. The number of carbonyl (C=O) groups is 1. The molecule has 2 aromatic rings. The molecule has 0 atom stereocenters. The minimum absolute atomic E-state index is 0. The lowest BCUT2D eigenvalue weighted by atomic mass is 10.1. The third-order valence-corrected chi connectivity index (χ3v) is 3.93. The van der Waals surface area contributed by atoms with Crippen molar-refractivity contribution in [1.82, 2.24) is 15.5 Å². The fourth-order valence-electron chi connectivity index (χ4n) is 2.64. The fourth-order valence-corrected chi connectivity index (χ4v) is 2.64. The highest BCUT2D eigenvalue weighted by atomic mass is 35.5. The van der Waals surface area contributed by atoms with Crippen LogP contribution in [0.5, 0.6) is 0 Å². The number of aromatic nitrogens is 2. The van der Waals surface area contributed by atoms with Gasteiger partial charge >= 0.3 is 6.18 Å². The van der Waals surface area contributed by atoms with Crippen LogP contribution in [0.2, 0.25) is 0 Å². The molecule has 136 valence electrons. The highest BCUT2D eigenvalue weighted by Crippen LogP contribution is 2.23. The number of nitrogens with one attached hydrogen (secondary N) is 3. The smallest absolute Gasteiger partial charge is 0.321 e. The van der Waals surface area contributed by atoms with Gasteiger partial charge < -0.3 is 10.6 Å². The SMILES string of the molecule is Cl.O=C(Nc1ccc(CCC(F)(F)F)cc1)c1n[nH]c2c1CNCC2. The Kier molecular flexibility index (Phi) is 6.07. The van der Waals surface area contributed by atoms with Crippen molar-refractivity contribution in [2.75, 3.05) is 11.9 Å². The molecule has 3 N–H and O–H groups in total. The van der Waals surface area contributed by atoms with Gasteiger partial charge in [-0.05, 0) is 24.1 Å². The predicted molar refractivity (Wildman–Crippen MR) is 90.0 cm³/mol. The summed E-state index contributed by atoms with van der Waals surface area (Å²) in [6, 6.07) is 6.37. The molecular weight excluding hydrogens is 357 g/mol. The van der Waals surface area contributed by atoms with E-state index in [2.05, 4.69) is 20.8 Å². The Bertz CT molecular complexity index is 728. The first-order valence-corrected chi connectivity index (χ1v) is 7.66. The van der Waals surface area contributed by atoms with Crippen LogP contribution in [0.25, 0.3) is 0 Å². The van der Waals surface area contributed by atoms with Crippen molar-refractivity contribution in [1.29, 1.82) is 0 Å². The zero-order chi connectivity index (χ0) is 17.2. The number of hydrogen-bond acceptors (Lipinski definition) is 3. The van der Waals surface area contributed by atoms with Gasteiger partial charge in [-0.25, -0.2) is 0 Å². The number of H-pyrrole nitrogens is 1. The lowest BCUT2D eigenvalue weighted by Gasteiger charge is -2.13. The molecular formula is C16H18ClF3N4O. The Hall–Kier alpha value is -2.06. The van der Waals surface area contributed by atoms with Gasteiger partial charge in [0.25, 0.3) is 5.91 Å². The molecule has 1 aliphatic rings. The number of amides is 1. The summed E-state index contributed by atoms with van der Waals surface area (Å²) >= 11 is 0. The highest BCUT2D eigenvalue weighted by Gasteiger charge is 2.26. The van der Waals surface area contributed by atoms with Crippen molar-refractivity contribution in [2.24, 2.45) is 0 Å². The molecule has 3 rings (SSSR count). The van der Waals surface area contributed by atoms with E-state index in [1.807, 2.05) is 0 Å². The van der Waals surface area contributed by atoms with E-state index in [9.17, 15) is 18.0 Å². The van der Waals surface area contributed by atoms with Crippen LogP contribution < -0.4 is 10.6 Å². The van der Waals surface area contributed by atoms with Crippen molar-refractivity contribution in [3.05, 3.63) is 46.8 Å². The van der Waals surface area contributed by atoms with Gasteiger partial charge in [-0.15, -0.1) is 12.4 Å². The molecule has 1 amide bonds. The summed E-state index contributed by atoms with van der Waals surface area (Å²) in [5, 5.41) is 12.9. The number of nitrogens with zero attached hydrogens (tertiary/aromatic N) is 1. The number of rotatable bonds is 4. The summed E-state index contributed by atoms with van der Waals surface area (Å²) in [6.45, 7) is 1.43. The molecule has 0 saturated carbocycles. The van der Waals surface area contributed by atoms with Gasteiger partial charge in [-0.3, -0.25) is 9.89 Å². The summed E-state index contributed by atoms with van der Waals surface area (Å²) in [5.74, 6) is -0.334. The second kappa shape index (κ2) is 7.88. The summed E-state index contributed by atoms with van der Waals surface area (Å²) in [4.78, 5) is 12.3. The van der Waals surface area contributed by atoms with Crippen molar-refractivity contribution in [3.63, 3.8) is 0 Å². The quantitative estimate of drug-likeness (QED) is 0.769. The molecule has 0 saturated heterocycles. The molecule has 5 nitrogen and oxygen atoms in total. The molecule has 1 aromatic carbocycles. The van der Waals surface area contributed by atoms with E-state index in [0.29, 0.717) is 23.5 Å². The number of anilines is 1. The lowest BCUT2D eigenvalue weighted by Crippen LogP contribution is -2.25. The number of hydrogen-bond donors (Lipinski definition) is 3. The van der Waals surface area contributed by atoms with Gasteiger partial charge in [-0.2, -0.15) is 18.3 Å². The Balaban J connectivity index is 0.00000225. The Morgan fingerprint density at radius 2 is 1.96 bits per heavy atom. The maximum absolute atomic E-state index is 12.3. The van der Waals surface area contributed by atoms with Crippen molar-refractivity contribution >= 4 is 24.0 Å². The molecule has 0 spiro atoms. The van der Waals surface area contributed by atoms with Crippen molar-refractivity contribution in [2.45, 2.75) is 32.0 Å². The fraction of sp³-hybridized carbons (Fsp3) is 0.375. The standard InChI is InChI=1S/C16H17F3N4O.ClH/c17-16(18,19)7-5-10-1-3-11(4-2-10)21-15(24)14-12-9-20-8-6-13(12)22-23-14;/h1-4,20H,5-9H2,(H,21,24)(H,22,23);1H. The number of aryl methyl sites for hydroxylation is 1. The number of alkyl halides is 3. The first kappa shape index (κ1) is 19.3. The summed E-state index contributed by atoms with van der Waals surface area (Å²) < 4.78 is 36.6. The number of halogens is 4. The van der Waals surface area contributed by atoms with Gasteiger partial charge in [0, 0.05) is 42.9 Å². The molecule has 25 heavy (non-hydrogen) atoms. The van der Waals surface area contributed by atoms with Crippen LogP contribution in [0, 0.1) is 0 Å². The normalized spacial score (nSPS) is 13.7. The summed E-state index contributed by atoms with van der Waals surface area (Å²) in [7, 11) is 0. The zero-order valence-corrected chi connectivity index (χ0v) is 14.1. The number of aromatic amines is 1. The van der Waals surface area contributed by atoms with Crippen molar-refractivity contribution < 1.29 is 18.0 Å². The Morgan fingerprint density at radius 1 is 1.24 bits per heavy atom. The van der Waals surface area contributed by atoms with Gasteiger partial charge in [0.1, 0.15) is 0 Å². The average molecular weight is 375 g/mol. The van der Waals surface area contributed by atoms with Crippen LogP contribution in [0.1, 0.15) is 33.7 Å². The average Bonchev–Trinajstić information content (AvgIpc) is 2.97. The van der Waals surface area contributed by atoms with Crippen LogP contribution in [-0.2, 0) is 19.4 Å². The third-order valence-electron chi connectivity index (χ3n) is 3.93. The largest absolute Gasteiger partial charge is 0.389 e. The zero-order valence-electron chi connectivity index (χ0n) is 13.2. The van der Waals surface area contributed by atoms with Crippen LogP contribution in [0.3, 0.4) is 0 Å². The molecule has 1 aliphatic heterocycles. The molecule has 0 unspecified atom stereocenters.